The fourth-order valence-corrected chi connectivity index (χ4v) is 2.42. The van der Waals surface area contributed by atoms with Gasteiger partial charge >= 0.3 is 0 Å². The summed E-state index contributed by atoms with van der Waals surface area (Å²) < 4.78 is 6.62. The number of nitrogens with zero attached hydrogens (tertiary/aromatic N) is 1. The number of halogens is 1. The first-order valence-electron chi connectivity index (χ1n) is 6.68. The smallest absolute Gasteiger partial charge is 0.138 e. The molecule has 0 spiro atoms. The molecule has 0 aliphatic heterocycles. The molecular weight excluding hydrogens is 322 g/mol. The van der Waals surface area contributed by atoms with Gasteiger partial charge in [-0.05, 0) is 49.8 Å². The second-order valence-electron chi connectivity index (χ2n) is 5.87. The summed E-state index contributed by atoms with van der Waals surface area (Å²) in [5, 5.41) is 19.2. The zero-order valence-corrected chi connectivity index (χ0v) is 14.1. The van der Waals surface area contributed by atoms with Crippen LogP contribution in [-0.2, 0) is 6.54 Å². The van der Waals surface area contributed by atoms with Gasteiger partial charge in [-0.25, -0.2) is 0 Å². The Morgan fingerprint density at radius 2 is 2.05 bits per heavy atom. The van der Waals surface area contributed by atoms with Crippen molar-refractivity contribution in [2.24, 2.45) is 0 Å². The number of para-hydroxylation sites is 1. The molecule has 114 valence electrons. The number of aliphatic hydroxyl groups excluding tert-OH is 1. The minimum atomic E-state index is -0.877. The van der Waals surface area contributed by atoms with Crippen LogP contribution in [0.3, 0.4) is 0 Å². The van der Waals surface area contributed by atoms with E-state index in [0.29, 0.717) is 13.1 Å². The molecule has 0 saturated heterocycles. The minimum absolute atomic E-state index is 0.225. The molecule has 1 rings (SSSR count). The number of aliphatic hydroxyl groups is 2. The van der Waals surface area contributed by atoms with Crippen LogP contribution in [0.15, 0.2) is 22.7 Å². The monoisotopic (exact) mass is 345 g/mol. The van der Waals surface area contributed by atoms with Crippen LogP contribution in [0.1, 0.15) is 26.3 Å². The first-order chi connectivity index (χ1) is 9.19. The van der Waals surface area contributed by atoms with Crippen LogP contribution in [0.4, 0.5) is 0 Å². The SMILES string of the molecule is C[C@H](O)CN(C)Cc1cccc(Br)c1OCC(C)(C)O. The van der Waals surface area contributed by atoms with Crippen molar-refractivity contribution in [1.82, 2.24) is 4.90 Å². The first-order valence-corrected chi connectivity index (χ1v) is 7.47. The zero-order valence-electron chi connectivity index (χ0n) is 12.6. The van der Waals surface area contributed by atoms with E-state index in [2.05, 4.69) is 15.9 Å². The van der Waals surface area contributed by atoms with Crippen molar-refractivity contribution in [3.63, 3.8) is 0 Å². The summed E-state index contributed by atoms with van der Waals surface area (Å²) in [7, 11) is 1.95. The summed E-state index contributed by atoms with van der Waals surface area (Å²) in [5.74, 6) is 0.743. The van der Waals surface area contributed by atoms with Crippen LogP contribution in [-0.4, -0.2) is 47.0 Å². The predicted octanol–water partition coefficient (Wildman–Crippen LogP) is 2.41. The molecule has 0 aromatic heterocycles. The lowest BCUT2D eigenvalue weighted by Gasteiger charge is -2.23. The quantitative estimate of drug-likeness (QED) is 0.796. The maximum Gasteiger partial charge on any atom is 0.138 e. The number of hydrogen-bond acceptors (Lipinski definition) is 4. The molecule has 4 nitrogen and oxygen atoms in total. The molecule has 1 aromatic rings. The van der Waals surface area contributed by atoms with E-state index in [1.807, 2.05) is 30.1 Å². The molecule has 5 heteroatoms. The zero-order chi connectivity index (χ0) is 15.3. The average Bonchev–Trinajstić information content (AvgIpc) is 2.25. The number of hydrogen-bond donors (Lipinski definition) is 2. The molecule has 2 N–H and O–H groups in total. The van der Waals surface area contributed by atoms with Crippen LogP contribution in [0.5, 0.6) is 5.75 Å². The van der Waals surface area contributed by atoms with Gasteiger partial charge in [0.15, 0.2) is 0 Å². The number of benzene rings is 1. The summed E-state index contributed by atoms with van der Waals surface area (Å²) in [5.41, 5.74) is 0.143. The summed E-state index contributed by atoms with van der Waals surface area (Å²) in [6.45, 7) is 6.68. The molecule has 0 aliphatic rings. The van der Waals surface area contributed by atoms with Gasteiger partial charge in [0.25, 0.3) is 0 Å². The van der Waals surface area contributed by atoms with E-state index < -0.39 is 5.60 Å². The number of ether oxygens (including phenoxy) is 1. The highest BCUT2D eigenvalue weighted by Crippen LogP contribution is 2.30. The lowest BCUT2D eigenvalue weighted by atomic mass is 10.1. The molecule has 1 atom stereocenters. The summed E-state index contributed by atoms with van der Waals surface area (Å²) >= 11 is 3.48. The van der Waals surface area contributed by atoms with E-state index in [1.165, 1.54) is 0 Å². The van der Waals surface area contributed by atoms with Crippen LogP contribution < -0.4 is 4.74 Å². The second-order valence-corrected chi connectivity index (χ2v) is 6.73. The van der Waals surface area contributed by atoms with Gasteiger partial charge in [-0.3, -0.25) is 4.90 Å². The van der Waals surface area contributed by atoms with Crippen LogP contribution >= 0.6 is 15.9 Å². The Balaban J connectivity index is 2.82. The van der Waals surface area contributed by atoms with E-state index in [4.69, 9.17) is 4.74 Å². The fourth-order valence-electron chi connectivity index (χ4n) is 1.89. The molecule has 0 unspecified atom stereocenters. The second kappa shape index (κ2) is 7.41. The third-order valence-electron chi connectivity index (χ3n) is 2.63. The lowest BCUT2D eigenvalue weighted by Crippen LogP contribution is -2.29. The molecule has 20 heavy (non-hydrogen) atoms. The van der Waals surface area contributed by atoms with Crippen molar-refractivity contribution in [3.05, 3.63) is 28.2 Å². The van der Waals surface area contributed by atoms with Crippen molar-refractivity contribution < 1.29 is 14.9 Å². The first kappa shape index (κ1) is 17.4. The molecule has 0 fully saturated rings. The summed E-state index contributed by atoms with van der Waals surface area (Å²) in [6, 6.07) is 5.85. The Morgan fingerprint density at radius 3 is 2.60 bits per heavy atom. The third kappa shape index (κ3) is 6.22. The van der Waals surface area contributed by atoms with Gasteiger partial charge in [-0.15, -0.1) is 0 Å². The van der Waals surface area contributed by atoms with Crippen molar-refractivity contribution in [2.75, 3.05) is 20.2 Å². The van der Waals surface area contributed by atoms with Gasteiger partial charge < -0.3 is 14.9 Å². The van der Waals surface area contributed by atoms with Crippen LogP contribution in [0, 0.1) is 0 Å². The normalized spacial score (nSPS) is 13.6. The van der Waals surface area contributed by atoms with Crippen LogP contribution in [0.2, 0.25) is 0 Å². The minimum Gasteiger partial charge on any atom is -0.489 e. The maximum atomic E-state index is 9.78. The van der Waals surface area contributed by atoms with Crippen LogP contribution in [0.25, 0.3) is 0 Å². The highest BCUT2D eigenvalue weighted by atomic mass is 79.9. The topological polar surface area (TPSA) is 52.9 Å². The maximum absolute atomic E-state index is 9.78. The molecule has 1 aromatic carbocycles. The Labute approximate surface area is 129 Å². The Morgan fingerprint density at radius 1 is 1.40 bits per heavy atom. The molecule has 0 saturated carbocycles. The number of likely N-dealkylation sites (N-methyl/N-ethyl adjacent to an activating group) is 1. The lowest BCUT2D eigenvalue weighted by molar-refractivity contribution is 0.0276. The van der Waals surface area contributed by atoms with E-state index >= 15 is 0 Å². The highest BCUT2D eigenvalue weighted by Gasteiger charge is 2.17. The summed E-state index contributed by atoms with van der Waals surface area (Å²) in [6.07, 6.45) is -0.368. The Bertz CT molecular complexity index is 430. The van der Waals surface area contributed by atoms with Gasteiger partial charge in [-0.2, -0.15) is 0 Å². The Hall–Kier alpha value is -0.620. The van der Waals surface area contributed by atoms with Crippen molar-refractivity contribution >= 4 is 15.9 Å². The molecule has 0 radical (unpaired) electrons. The molecule has 0 amide bonds. The molecule has 0 bridgehead atoms. The van der Waals surface area contributed by atoms with Gasteiger partial charge in [0.1, 0.15) is 12.4 Å². The van der Waals surface area contributed by atoms with Gasteiger partial charge in [-0.1, -0.05) is 12.1 Å². The summed E-state index contributed by atoms with van der Waals surface area (Å²) in [4.78, 5) is 2.03. The van der Waals surface area contributed by atoms with E-state index in [-0.39, 0.29) is 12.7 Å². The largest absolute Gasteiger partial charge is 0.489 e. The van der Waals surface area contributed by atoms with Gasteiger partial charge in [0.05, 0.1) is 16.2 Å². The van der Waals surface area contributed by atoms with E-state index in [1.54, 1.807) is 20.8 Å². The predicted molar refractivity (Wildman–Crippen MR) is 83.9 cm³/mol. The van der Waals surface area contributed by atoms with E-state index in [0.717, 1.165) is 15.8 Å². The van der Waals surface area contributed by atoms with Gasteiger partial charge in [0.2, 0.25) is 0 Å². The standard InChI is InChI=1S/C15H24BrNO3/c1-11(18)8-17(4)9-12-6-5-7-13(16)14(12)20-10-15(2,3)19/h5-7,11,18-19H,8-10H2,1-4H3/t11-/m0/s1. The third-order valence-corrected chi connectivity index (χ3v) is 3.26. The average molecular weight is 346 g/mol. The highest BCUT2D eigenvalue weighted by molar-refractivity contribution is 9.10. The van der Waals surface area contributed by atoms with Crippen molar-refractivity contribution in [1.29, 1.82) is 0 Å². The Kier molecular flexibility index (Phi) is 6.45. The van der Waals surface area contributed by atoms with Crippen molar-refractivity contribution in [3.8, 4) is 5.75 Å². The number of rotatable bonds is 7. The molecule has 0 aliphatic carbocycles. The van der Waals surface area contributed by atoms with E-state index in [9.17, 15) is 10.2 Å². The van der Waals surface area contributed by atoms with Gasteiger partial charge in [0, 0.05) is 18.7 Å². The fraction of sp³-hybridized carbons (Fsp3) is 0.600. The van der Waals surface area contributed by atoms with Crippen molar-refractivity contribution in [2.45, 2.75) is 39.0 Å². The molecule has 0 heterocycles. The molecular formula is C15H24BrNO3.